The lowest BCUT2D eigenvalue weighted by Crippen LogP contribution is -2.30. The summed E-state index contributed by atoms with van der Waals surface area (Å²) in [6.07, 6.45) is 4.12. The molecule has 0 saturated carbocycles. The zero-order valence-corrected chi connectivity index (χ0v) is 15.0. The van der Waals surface area contributed by atoms with Crippen molar-refractivity contribution in [2.75, 3.05) is 6.54 Å². The molecule has 5 heteroatoms. The monoisotopic (exact) mass is 359 g/mol. The summed E-state index contributed by atoms with van der Waals surface area (Å²) in [7, 11) is 0. The van der Waals surface area contributed by atoms with Crippen molar-refractivity contribution in [3.8, 4) is 0 Å². The van der Waals surface area contributed by atoms with E-state index in [1.807, 2.05) is 24.3 Å². The molecule has 5 nitrogen and oxygen atoms in total. The van der Waals surface area contributed by atoms with E-state index in [4.69, 9.17) is 4.42 Å². The maximum atomic E-state index is 12.1. The van der Waals surface area contributed by atoms with Crippen LogP contribution in [0.15, 0.2) is 76.4 Å². The van der Waals surface area contributed by atoms with Gasteiger partial charge < -0.3 is 4.42 Å². The fourth-order valence-corrected chi connectivity index (χ4v) is 3.29. The highest BCUT2D eigenvalue weighted by Crippen LogP contribution is 2.20. The lowest BCUT2D eigenvalue weighted by atomic mass is 9.99. The molecular weight excluding hydrogens is 338 g/mol. The number of benzene rings is 2. The Bertz CT molecular complexity index is 930. The summed E-state index contributed by atoms with van der Waals surface area (Å²) in [5, 5.41) is 3.90. The van der Waals surface area contributed by atoms with Crippen LogP contribution in [0.4, 0.5) is 0 Å². The van der Waals surface area contributed by atoms with Crippen molar-refractivity contribution >= 4 is 12.1 Å². The van der Waals surface area contributed by atoms with Gasteiger partial charge in [0.1, 0.15) is 5.76 Å². The SMILES string of the molecule is O=C(NN=Cc1ccco1)c1ccc(CN2CCc3ccccc3C2)cc1. The van der Waals surface area contributed by atoms with Gasteiger partial charge in [0.25, 0.3) is 5.91 Å². The Kier molecular flexibility index (Phi) is 5.12. The van der Waals surface area contributed by atoms with Gasteiger partial charge in [0.2, 0.25) is 0 Å². The number of furan rings is 1. The van der Waals surface area contributed by atoms with Crippen LogP contribution in [0.5, 0.6) is 0 Å². The Balaban J connectivity index is 1.33. The molecule has 2 aromatic carbocycles. The molecule has 1 amide bonds. The minimum atomic E-state index is -0.240. The summed E-state index contributed by atoms with van der Waals surface area (Å²) in [4.78, 5) is 14.6. The first kappa shape index (κ1) is 17.2. The van der Waals surface area contributed by atoms with E-state index in [2.05, 4.69) is 39.7 Å². The number of rotatable bonds is 5. The molecule has 1 aliphatic heterocycles. The fourth-order valence-electron chi connectivity index (χ4n) is 3.29. The highest BCUT2D eigenvalue weighted by Gasteiger charge is 2.15. The van der Waals surface area contributed by atoms with Gasteiger partial charge in [-0.25, -0.2) is 5.43 Å². The van der Waals surface area contributed by atoms with Gasteiger partial charge in [-0.3, -0.25) is 9.69 Å². The van der Waals surface area contributed by atoms with E-state index >= 15 is 0 Å². The first-order chi connectivity index (χ1) is 13.3. The minimum absolute atomic E-state index is 0.240. The molecule has 4 rings (SSSR count). The lowest BCUT2D eigenvalue weighted by Gasteiger charge is -2.28. The molecule has 0 spiro atoms. The minimum Gasteiger partial charge on any atom is -0.463 e. The average molecular weight is 359 g/mol. The number of carbonyl (C=O) groups excluding carboxylic acids is 1. The number of hydrazone groups is 1. The quantitative estimate of drug-likeness (QED) is 0.559. The van der Waals surface area contributed by atoms with Crippen molar-refractivity contribution in [3.63, 3.8) is 0 Å². The normalized spacial score (nSPS) is 14.2. The number of nitrogens with zero attached hydrogens (tertiary/aromatic N) is 2. The van der Waals surface area contributed by atoms with Crippen LogP contribution >= 0.6 is 0 Å². The number of amides is 1. The fraction of sp³-hybridized carbons (Fsp3) is 0.182. The molecule has 0 bridgehead atoms. The first-order valence-corrected chi connectivity index (χ1v) is 9.03. The molecule has 3 aromatic rings. The molecule has 0 atom stereocenters. The molecule has 0 saturated heterocycles. The van der Waals surface area contributed by atoms with E-state index in [1.165, 1.54) is 22.9 Å². The summed E-state index contributed by atoms with van der Waals surface area (Å²) in [5.41, 5.74) is 7.16. The van der Waals surface area contributed by atoms with Crippen LogP contribution in [-0.2, 0) is 19.5 Å². The van der Waals surface area contributed by atoms with E-state index in [9.17, 15) is 4.79 Å². The van der Waals surface area contributed by atoms with E-state index in [0.717, 1.165) is 26.1 Å². The van der Waals surface area contributed by atoms with Gasteiger partial charge in [0, 0.05) is 25.2 Å². The first-order valence-electron chi connectivity index (χ1n) is 9.03. The van der Waals surface area contributed by atoms with E-state index in [-0.39, 0.29) is 5.91 Å². The second-order valence-corrected chi connectivity index (χ2v) is 6.64. The number of fused-ring (bicyclic) bond motifs is 1. The predicted molar refractivity (Wildman–Crippen MR) is 104 cm³/mol. The van der Waals surface area contributed by atoms with Gasteiger partial charge in [0.15, 0.2) is 0 Å². The molecule has 0 radical (unpaired) electrons. The Morgan fingerprint density at radius 1 is 1.07 bits per heavy atom. The van der Waals surface area contributed by atoms with Gasteiger partial charge in [-0.05, 0) is 47.4 Å². The van der Waals surface area contributed by atoms with Gasteiger partial charge in [0.05, 0.1) is 12.5 Å². The molecule has 136 valence electrons. The van der Waals surface area contributed by atoms with Crippen molar-refractivity contribution in [1.82, 2.24) is 10.3 Å². The zero-order chi connectivity index (χ0) is 18.5. The maximum Gasteiger partial charge on any atom is 0.271 e. The molecule has 2 heterocycles. The Morgan fingerprint density at radius 2 is 1.89 bits per heavy atom. The third kappa shape index (κ3) is 4.33. The Morgan fingerprint density at radius 3 is 2.67 bits per heavy atom. The third-order valence-electron chi connectivity index (χ3n) is 4.73. The molecule has 0 aliphatic carbocycles. The summed E-state index contributed by atoms with van der Waals surface area (Å²) in [5.74, 6) is 0.352. The van der Waals surface area contributed by atoms with Crippen LogP contribution in [0.25, 0.3) is 0 Å². The maximum absolute atomic E-state index is 12.1. The van der Waals surface area contributed by atoms with Gasteiger partial charge in [-0.2, -0.15) is 5.10 Å². The van der Waals surface area contributed by atoms with Crippen LogP contribution in [0.3, 0.4) is 0 Å². The average Bonchev–Trinajstić information content (AvgIpc) is 3.22. The molecule has 1 aromatic heterocycles. The highest BCUT2D eigenvalue weighted by atomic mass is 16.3. The molecule has 27 heavy (non-hydrogen) atoms. The number of carbonyl (C=O) groups is 1. The Labute approximate surface area is 158 Å². The van der Waals surface area contributed by atoms with Gasteiger partial charge in [-0.1, -0.05) is 36.4 Å². The van der Waals surface area contributed by atoms with Crippen LogP contribution < -0.4 is 5.43 Å². The van der Waals surface area contributed by atoms with Crippen molar-refractivity contribution in [2.24, 2.45) is 5.10 Å². The van der Waals surface area contributed by atoms with Crippen LogP contribution in [0.1, 0.15) is 32.8 Å². The summed E-state index contributed by atoms with van der Waals surface area (Å²) in [6, 6.07) is 19.9. The zero-order valence-electron chi connectivity index (χ0n) is 15.0. The number of hydrogen-bond acceptors (Lipinski definition) is 4. The standard InChI is InChI=1S/C22H21N3O2/c26-22(24-23-14-21-6-3-13-27-21)19-9-7-17(8-10-19)15-25-12-11-18-4-1-2-5-20(18)16-25/h1-10,13-14H,11-12,15-16H2,(H,24,26). The van der Waals surface area contributed by atoms with Crippen LogP contribution in [-0.4, -0.2) is 23.6 Å². The summed E-state index contributed by atoms with van der Waals surface area (Å²) in [6.45, 7) is 2.91. The molecule has 0 unspecified atom stereocenters. The Hall–Kier alpha value is -3.18. The predicted octanol–water partition coefficient (Wildman–Crippen LogP) is 3.60. The molecule has 1 aliphatic rings. The molecular formula is C22H21N3O2. The lowest BCUT2D eigenvalue weighted by molar-refractivity contribution is 0.0955. The van der Waals surface area contributed by atoms with Gasteiger partial charge >= 0.3 is 0 Å². The number of hydrogen-bond donors (Lipinski definition) is 1. The smallest absolute Gasteiger partial charge is 0.271 e. The third-order valence-corrected chi connectivity index (χ3v) is 4.73. The topological polar surface area (TPSA) is 57.8 Å². The number of nitrogens with one attached hydrogen (secondary N) is 1. The molecule has 1 N–H and O–H groups in total. The van der Waals surface area contributed by atoms with Gasteiger partial charge in [-0.15, -0.1) is 0 Å². The van der Waals surface area contributed by atoms with Crippen molar-refractivity contribution in [2.45, 2.75) is 19.5 Å². The van der Waals surface area contributed by atoms with Crippen LogP contribution in [0.2, 0.25) is 0 Å². The van der Waals surface area contributed by atoms with E-state index in [1.54, 1.807) is 18.4 Å². The highest BCUT2D eigenvalue weighted by molar-refractivity contribution is 5.94. The summed E-state index contributed by atoms with van der Waals surface area (Å²) < 4.78 is 5.13. The van der Waals surface area contributed by atoms with Crippen molar-refractivity contribution in [3.05, 3.63) is 94.9 Å². The second-order valence-electron chi connectivity index (χ2n) is 6.64. The summed E-state index contributed by atoms with van der Waals surface area (Å²) >= 11 is 0. The van der Waals surface area contributed by atoms with E-state index in [0.29, 0.717) is 11.3 Å². The van der Waals surface area contributed by atoms with E-state index < -0.39 is 0 Å². The second kappa shape index (κ2) is 8.01. The van der Waals surface area contributed by atoms with Crippen molar-refractivity contribution < 1.29 is 9.21 Å². The van der Waals surface area contributed by atoms with Crippen molar-refractivity contribution in [1.29, 1.82) is 0 Å². The van der Waals surface area contributed by atoms with Crippen LogP contribution in [0, 0.1) is 0 Å². The largest absolute Gasteiger partial charge is 0.463 e. The molecule has 0 fully saturated rings.